The number of ether oxygens (including phenoxy) is 4. The molecule has 2 aliphatic heterocycles. The van der Waals surface area contributed by atoms with Gasteiger partial charge in [-0.2, -0.15) is 0 Å². The minimum absolute atomic E-state index is 0.128. The Labute approximate surface area is 252 Å². The zero-order valence-electron chi connectivity index (χ0n) is 24.6. The fourth-order valence-electron chi connectivity index (χ4n) is 6.17. The largest absolute Gasteiger partial charge is 0.481 e. The monoisotopic (exact) mass is 596 g/mol. The van der Waals surface area contributed by atoms with Crippen molar-refractivity contribution in [2.45, 2.75) is 102 Å². The zero-order valence-corrected chi connectivity index (χ0v) is 25.4. The van der Waals surface area contributed by atoms with Gasteiger partial charge in [0.25, 0.3) is 0 Å². The summed E-state index contributed by atoms with van der Waals surface area (Å²) in [5, 5.41) is 10.1. The Hall–Kier alpha value is -2.36. The van der Waals surface area contributed by atoms with Crippen molar-refractivity contribution in [1.82, 2.24) is 0 Å². The van der Waals surface area contributed by atoms with Crippen LogP contribution >= 0.6 is 11.3 Å². The number of carbonyl (C=O) groups is 2. The number of carboxylic acid groups (broad SMARTS) is 1. The van der Waals surface area contributed by atoms with Crippen LogP contribution in [0.25, 0.3) is 10.1 Å². The number of aliphatic carboxylic acids is 1. The van der Waals surface area contributed by atoms with Gasteiger partial charge in [-0.1, -0.05) is 42.5 Å². The van der Waals surface area contributed by atoms with Gasteiger partial charge in [0.15, 0.2) is 12.6 Å². The molecule has 2 saturated heterocycles. The van der Waals surface area contributed by atoms with E-state index >= 15 is 0 Å². The Morgan fingerprint density at radius 2 is 1.86 bits per heavy atom. The summed E-state index contributed by atoms with van der Waals surface area (Å²) in [4.78, 5) is 25.3. The number of benzene rings is 1. The van der Waals surface area contributed by atoms with Gasteiger partial charge in [0.1, 0.15) is 11.4 Å². The SMILES string of the molecule is CC(C=C[C@H]1[C@H](OC2CCCCO2)CC(=O)[C@@H]1CC=CCCCC(=O)O)(OC1CCCCO1)c1cc2ccccc2s1. The van der Waals surface area contributed by atoms with Crippen molar-refractivity contribution < 1.29 is 33.6 Å². The van der Waals surface area contributed by atoms with Gasteiger partial charge in [0, 0.05) is 47.5 Å². The number of Topliss-reactive ketones (excluding diaryl/α,β-unsaturated/α-hetero) is 1. The topological polar surface area (TPSA) is 91.3 Å². The number of carboxylic acids is 1. The Balaban J connectivity index is 1.39. The first-order chi connectivity index (χ1) is 20.4. The number of fused-ring (bicyclic) bond motifs is 1. The third-order valence-corrected chi connectivity index (χ3v) is 9.89. The number of allylic oxidation sites excluding steroid dienone is 2. The average Bonchev–Trinajstić information content (AvgIpc) is 3.56. The van der Waals surface area contributed by atoms with Crippen molar-refractivity contribution in [3.63, 3.8) is 0 Å². The number of rotatable bonds is 13. The molecule has 3 unspecified atom stereocenters. The van der Waals surface area contributed by atoms with Crippen LogP contribution in [-0.2, 0) is 34.1 Å². The predicted molar refractivity (Wildman–Crippen MR) is 163 cm³/mol. The molecule has 42 heavy (non-hydrogen) atoms. The number of hydrogen-bond donors (Lipinski definition) is 1. The molecule has 6 atom stereocenters. The van der Waals surface area contributed by atoms with Crippen LogP contribution in [0.5, 0.6) is 0 Å². The maximum atomic E-state index is 13.4. The molecule has 5 rings (SSSR count). The molecule has 1 aromatic carbocycles. The molecule has 1 aliphatic carbocycles. The Bertz CT molecular complexity index is 1210. The molecule has 2 aromatic rings. The summed E-state index contributed by atoms with van der Waals surface area (Å²) < 4.78 is 26.3. The highest BCUT2D eigenvalue weighted by molar-refractivity contribution is 7.19. The molecule has 7 nitrogen and oxygen atoms in total. The van der Waals surface area contributed by atoms with E-state index < -0.39 is 11.6 Å². The van der Waals surface area contributed by atoms with Gasteiger partial charge < -0.3 is 24.1 Å². The van der Waals surface area contributed by atoms with E-state index in [1.54, 1.807) is 11.3 Å². The van der Waals surface area contributed by atoms with Crippen LogP contribution in [0.3, 0.4) is 0 Å². The van der Waals surface area contributed by atoms with Crippen LogP contribution in [0, 0.1) is 11.8 Å². The number of ketones is 1. The molecule has 0 amide bonds. The van der Waals surface area contributed by atoms with Crippen LogP contribution in [0.15, 0.2) is 54.6 Å². The summed E-state index contributed by atoms with van der Waals surface area (Å²) in [6.45, 7) is 3.49. The highest BCUT2D eigenvalue weighted by atomic mass is 32.1. The van der Waals surface area contributed by atoms with Crippen molar-refractivity contribution >= 4 is 33.2 Å². The number of hydrogen-bond acceptors (Lipinski definition) is 7. The van der Waals surface area contributed by atoms with E-state index in [1.165, 1.54) is 10.1 Å². The highest BCUT2D eigenvalue weighted by Gasteiger charge is 2.43. The number of thiophene rings is 1. The first-order valence-corrected chi connectivity index (χ1v) is 16.4. The molecule has 3 fully saturated rings. The molecule has 1 aromatic heterocycles. The lowest BCUT2D eigenvalue weighted by Gasteiger charge is -2.34. The lowest BCUT2D eigenvalue weighted by molar-refractivity contribution is -0.209. The standard InChI is InChI=1S/C34H44O7S/c1-34(41-33-17-9-11-21-39-33,30-22-24-12-6-7-14-29(24)42-30)19-18-26-25(13-4-2-3-5-15-31(36)37)27(35)23-28(26)40-32-16-8-10-20-38-32/h2,4,6-7,12,14,18-19,22,25-26,28,32-33H,3,5,8-11,13,15-17,20-21,23H2,1H3,(H,36,37)/t25-,26-,28-,32?,33?,34?/m1/s1. The summed E-state index contributed by atoms with van der Waals surface area (Å²) in [5.41, 5.74) is -0.736. The Morgan fingerprint density at radius 1 is 1.10 bits per heavy atom. The molecule has 8 heteroatoms. The summed E-state index contributed by atoms with van der Waals surface area (Å²) in [6.07, 6.45) is 15.8. The summed E-state index contributed by atoms with van der Waals surface area (Å²) >= 11 is 1.73. The quantitative estimate of drug-likeness (QED) is 0.189. The van der Waals surface area contributed by atoms with Crippen LogP contribution < -0.4 is 0 Å². The fraction of sp³-hybridized carbons (Fsp3) is 0.588. The fourth-order valence-corrected chi connectivity index (χ4v) is 7.30. The molecular weight excluding hydrogens is 552 g/mol. The van der Waals surface area contributed by atoms with E-state index in [0.717, 1.165) is 43.4 Å². The van der Waals surface area contributed by atoms with E-state index in [2.05, 4.69) is 49.4 Å². The maximum absolute atomic E-state index is 13.4. The minimum atomic E-state index is -0.785. The molecule has 0 radical (unpaired) electrons. The second-order valence-corrected chi connectivity index (χ2v) is 12.9. The van der Waals surface area contributed by atoms with Gasteiger partial charge in [-0.05, 0) is 82.2 Å². The molecular formula is C34H44O7S. The van der Waals surface area contributed by atoms with Crippen molar-refractivity contribution in [2.24, 2.45) is 11.8 Å². The first kappa shape index (κ1) is 31.1. The second-order valence-electron chi connectivity index (χ2n) is 11.8. The Morgan fingerprint density at radius 3 is 2.57 bits per heavy atom. The van der Waals surface area contributed by atoms with E-state index in [1.807, 2.05) is 12.2 Å². The molecule has 0 spiro atoms. The first-order valence-electron chi connectivity index (χ1n) is 15.6. The minimum Gasteiger partial charge on any atom is -0.481 e. The molecule has 3 aliphatic rings. The van der Waals surface area contributed by atoms with Gasteiger partial charge >= 0.3 is 5.97 Å². The highest BCUT2D eigenvalue weighted by Crippen LogP contribution is 2.42. The normalized spacial score (nSPS) is 28.6. The van der Waals surface area contributed by atoms with Crippen molar-refractivity contribution in [3.05, 3.63) is 59.5 Å². The van der Waals surface area contributed by atoms with E-state index in [4.69, 9.17) is 24.1 Å². The van der Waals surface area contributed by atoms with Crippen molar-refractivity contribution in [2.75, 3.05) is 13.2 Å². The molecule has 228 valence electrons. The molecule has 3 heterocycles. The van der Waals surface area contributed by atoms with Gasteiger partial charge in [-0.3, -0.25) is 9.59 Å². The van der Waals surface area contributed by atoms with Crippen LogP contribution in [0.2, 0.25) is 0 Å². The number of unbranched alkanes of at least 4 members (excludes halogenated alkanes) is 1. The smallest absolute Gasteiger partial charge is 0.303 e. The van der Waals surface area contributed by atoms with E-state index in [9.17, 15) is 9.59 Å². The van der Waals surface area contributed by atoms with Crippen molar-refractivity contribution in [3.8, 4) is 0 Å². The zero-order chi connectivity index (χ0) is 29.4. The van der Waals surface area contributed by atoms with Gasteiger partial charge in [-0.15, -0.1) is 11.3 Å². The van der Waals surface area contributed by atoms with Gasteiger partial charge in [0.2, 0.25) is 0 Å². The third-order valence-electron chi connectivity index (χ3n) is 8.56. The molecule has 1 N–H and O–H groups in total. The van der Waals surface area contributed by atoms with Crippen LogP contribution in [0.1, 0.15) is 82.4 Å². The van der Waals surface area contributed by atoms with Gasteiger partial charge in [0.05, 0.1) is 6.10 Å². The molecule has 1 saturated carbocycles. The summed E-state index contributed by atoms with van der Waals surface area (Å²) in [7, 11) is 0. The van der Waals surface area contributed by atoms with E-state index in [0.29, 0.717) is 38.9 Å². The Kier molecular flexibility index (Phi) is 11.0. The predicted octanol–water partition coefficient (Wildman–Crippen LogP) is 7.53. The number of carbonyl (C=O) groups excluding carboxylic acids is 1. The third kappa shape index (κ3) is 8.17. The van der Waals surface area contributed by atoms with E-state index in [-0.39, 0.29) is 42.7 Å². The van der Waals surface area contributed by atoms with Crippen molar-refractivity contribution in [1.29, 1.82) is 0 Å². The summed E-state index contributed by atoms with van der Waals surface area (Å²) in [5.74, 6) is -0.938. The lowest BCUT2D eigenvalue weighted by Crippen LogP contribution is -2.34. The second kappa shape index (κ2) is 14.9. The average molecular weight is 597 g/mol. The summed E-state index contributed by atoms with van der Waals surface area (Å²) in [6, 6.07) is 10.6. The maximum Gasteiger partial charge on any atom is 0.303 e. The van der Waals surface area contributed by atoms with Crippen LogP contribution in [-0.4, -0.2) is 48.8 Å². The van der Waals surface area contributed by atoms with Crippen LogP contribution in [0.4, 0.5) is 0 Å². The van der Waals surface area contributed by atoms with Gasteiger partial charge in [-0.25, -0.2) is 0 Å². The lowest BCUT2D eigenvalue weighted by atomic mass is 9.88. The molecule has 0 bridgehead atoms.